The summed E-state index contributed by atoms with van der Waals surface area (Å²) in [6.07, 6.45) is 3.77. The van der Waals surface area contributed by atoms with Gasteiger partial charge in [0.25, 0.3) is 0 Å². The molecule has 0 saturated heterocycles. The van der Waals surface area contributed by atoms with E-state index in [4.69, 9.17) is 10.5 Å². The van der Waals surface area contributed by atoms with Crippen molar-refractivity contribution in [3.05, 3.63) is 106 Å². The highest BCUT2D eigenvalue weighted by atomic mass is 16.5. The molecule has 2 aromatic heterocycles. The smallest absolute Gasteiger partial charge is 0.150 e. The van der Waals surface area contributed by atoms with Crippen molar-refractivity contribution >= 4 is 27.6 Å². The van der Waals surface area contributed by atoms with Crippen LogP contribution in [0.4, 0.5) is 5.82 Å². The highest BCUT2D eigenvalue weighted by Crippen LogP contribution is 2.28. The maximum atomic E-state index is 6.21. The Bertz CT molecular complexity index is 1510. The van der Waals surface area contributed by atoms with E-state index in [1.165, 1.54) is 33.4 Å². The first-order valence-corrected chi connectivity index (χ1v) is 14.7. The van der Waals surface area contributed by atoms with Crippen LogP contribution < -0.4 is 10.5 Å². The Morgan fingerprint density at radius 1 is 0.700 bits per heavy atom. The van der Waals surface area contributed by atoms with Crippen molar-refractivity contribution in [3.63, 3.8) is 0 Å². The monoisotopic (exact) mass is 537 g/mol. The van der Waals surface area contributed by atoms with Crippen molar-refractivity contribution in [2.24, 2.45) is 0 Å². The lowest BCUT2D eigenvalue weighted by atomic mass is 9.99. The molecule has 5 aromatic rings. The number of fused-ring (bicyclic) bond motifs is 3. The summed E-state index contributed by atoms with van der Waals surface area (Å²) in [5.74, 6) is 1.39. The lowest BCUT2D eigenvalue weighted by Crippen LogP contribution is -2.00. The van der Waals surface area contributed by atoms with Crippen molar-refractivity contribution in [1.82, 2.24) is 9.97 Å². The van der Waals surface area contributed by atoms with E-state index in [-0.39, 0.29) is 0 Å². The number of aryl methyl sites for hydroxylation is 5. The molecule has 0 saturated carbocycles. The Labute approximate surface area is 241 Å². The normalized spacial score (nSPS) is 10.0. The summed E-state index contributed by atoms with van der Waals surface area (Å²) in [5.41, 5.74) is 15.2. The number of pyridine rings is 2. The molecular formula is C36H47N3O. The molecule has 0 bridgehead atoms. The second-order valence-electron chi connectivity index (χ2n) is 9.12. The summed E-state index contributed by atoms with van der Waals surface area (Å²) in [4.78, 5) is 9.20. The summed E-state index contributed by atoms with van der Waals surface area (Å²) >= 11 is 0. The minimum atomic E-state index is 0.483. The molecule has 0 fully saturated rings. The molecular weight excluding hydrogens is 490 g/mol. The third kappa shape index (κ3) is 8.29. The van der Waals surface area contributed by atoms with E-state index in [2.05, 4.69) is 97.5 Å². The fraction of sp³-hybridized carbons (Fsp3) is 0.333. The van der Waals surface area contributed by atoms with E-state index < -0.39 is 0 Å². The van der Waals surface area contributed by atoms with Gasteiger partial charge in [0.1, 0.15) is 17.9 Å². The average Bonchev–Trinajstić information content (AvgIpc) is 2.98. The van der Waals surface area contributed by atoms with Crippen LogP contribution in [0.2, 0.25) is 0 Å². The molecule has 4 nitrogen and oxygen atoms in total. The zero-order valence-corrected chi connectivity index (χ0v) is 25.9. The predicted octanol–water partition coefficient (Wildman–Crippen LogP) is 9.73. The number of nitrogens with zero attached hydrogens (tertiary/aromatic N) is 2. The summed E-state index contributed by atoms with van der Waals surface area (Å²) in [6, 6.07) is 23.3. The molecule has 2 heterocycles. The van der Waals surface area contributed by atoms with E-state index >= 15 is 0 Å². The van der Waals surface area contributed by atoms with Crippen LogP contribution in [0, 0.1) is 20.8 Å². The van der Waals surface area contributed by atoms with Gasteiger partial charge in [-0.3, -0.25) is 4.98 Å². The average molecular weight is 538 g/mol. The molecule has 0 aliphatic carbocycles. The van der Waals surface area contributed by atoms with Crippen LogP contribution in [-0.2, 0) is 19.4 Å². The Morgan fingerprint density at radius 2 is 1.43 bits per heavy atom. The van der Waals surface area contributed by atoms with Gasteiger partial charge in [-0.05, 0) is 85.7 Å². The fourth-order valence-corrected chi connectivity index (χ4v) is 4.49. The summed E-state index contributed by atoms with van der Waals surface area (Å²) in [6.45, 7) is 18.9. The Morgan fingerprint density at radius 3 is 2.12 bits per heavy atom. The Balaban J connectivity index is 0.000000876. The number of hydrogen-bond acceptors (Lipinski definition) is 4. The van der Waals surface area contributed by atoms with Crippen LogP contribution >= 0.6 is 0 Å². The van der Waals surface area contributed by atoms with Gasteiger partial charge in [0.15, 0.2) is 5.82 Å². The van der Waals surface area contributed by atoms with Gasteiger partial charge in [-0.15, -0.1) is 0 Å². The molecule has 5 rings (SSSR count). The van der Waals surface area contributed by atoms with Crippen molar-refractivity contribution in [2.75, 3.05) is 5.73 Å². The molecule has 40 heavy (non-hydrogen) atoms. The topological polar surface area (TPSA) is 61.0 Å². The molecule has 0 unspecified atom stereocenters. The highest BCUT2D eigenvalue weighted by Gasteiger charge is 2.10. The first kappa shape index (κ1) is 32.3. The number of nitrogens with two attached hydrogens (primary N) is 1. The van der Waals surface area contributed by atoms with Crippen molar-refractivity contribution < 1.29 is 4.74 Å². The zero-order chi connectivity index (χ0) is 29.7. The lowest BCUT2D eigenvalue weighted by Gasteiger charge is -2.12. The number of anilines is 1. The molecule has 0 spiro atoms. The van der Waals surface area contributed by atoms with E-state index in [9.17, 15) is 0 Å². The summed E-state index contributed by atoms with van der Waals surface area (Å²) < 4.78 is 6.03. The van der Waals surface area contributed by atoms with Crippen LogP contribution in [0.3, 0.4) is 0 Å². The number of ether oxygens (including phenoxy) is 1. The summed E-state index contributed by atoms with van der Waals surface area (Å²) in [7, 11) is 0. The van der Waals surface area contributed by atoms with Gasteiger partial charge in [0, 0.05) is 17.0 Å². The molecule has 0 aliphatic heterocycles. The molecule has 0 amide bonds. The van der Waals surface area contributed by atoms with E-state index in [1.54, 1.807) is 0 Å². The van der Waals surface area contributed by atoms with Crippen LogP contribution in [-0.4, -0.2) is 9.97 Å². The molecule has 0 radical (unpaired) electrons. The van der Waals surface area contributed by atoms with Gasteiger partial charge in [-0.25, -0.2) is 4.98 Å². The second kappa shape index (κ2) is 16.2. The Hall–Kier alpha value is -3.92. The van der Waals surface area contributed by atoms with Crippen LogP contribution in [0.25, 0.3) is 21.8 Å². The third-order valence-electron chi connectivity index (χ3n) is 6.36. The maximum absolute atomic E-state index is 6.21. The van der Waals surface area contributed by atoms with Gasteiger partial charge in [-0.2, -0.15) is 0 Å². The van der Waals surface area contributed by atoms with Gasteiger partial charge in [0.05, 0.1) is 5.52 Å². The largest absolute Gasteiger partial charge is 0.489 e. The number of benzene rings is 3. The van der Waals surface area contributed by atoms with Crippen LogP contribution in [0.1, 0.15) is 74.9 Å². The lowest BCUT2D eigenvalue weighted by molar-refractivity contribution is 0.306. The summed E-state index contributed by atoms with van der Waals surface area (Å²) in [5, 5.41) is 2.16. The Kier molecular flexibility index (Phi) is 13.1. The zero-order valence-electron chi connectivity index (χ0n) is 25.9. The number of rotatable bonds is 6. The number of nitrogen functional groups attached to an aromatic ring is 1. The van der Waals surface area contributed by atoms with Gasteiger partial charge < -0.3 is 10.5 Å². The first-order valence-electron chi connectivity index (χ1n) is 14.7. The highest BCUT2D eigenvalue weighted by molar-refractivity contribution is 6.08. The van der Waals surface area contributed by atoms with Crippen molar-refractivity contribution in [2.45, 2.75) is 81.8 Å². The van der Waals surface area contributed by atoms with Gasteiger partial charge in [0.2, 0.25) is 0 Å². The minimum Gasteiger partial charge on any atom is -0.489 e. The number of aromatic nitrogens is 2. The maximum Gasteiger partial charge on any atom is 0.150 e. The molecule has 2 N–H and O–H groups in total. The second-order valence-corrected chi connectivity index (χ2v) is 9.12. The van der Waals surface area contributed by atoms with Crippen LogP contribution in [0.5, 0.6) is 5.75 Å². The van der Waals surface area contributed by atoms with E-state index in [0.717, 1.165) is 40.4 Å². The van der Waals surface area contributed by atoms with Crippen molar-refractivity contribution in [1.29, 1.82) is 0 Å². The molecule has 4 heteroatoms. The third-order valence-corrected chi connectivity index (χ3v) is 6.36. The van der Waals surface area contributed by atoms with E-state index in [1.807, 2.05) is 47.7 Å². The SMILES string of the molecule is CC.CC.CC.Cc1cccc(COc2ccc(CCc3cnc4c(N)nc5cc(C)ccc5c4c3)c(C)c2)c1. The first-order chi connectivity index (χ1) is 19.5. The predicted molar refractivity (Wildman–Crippen MR) is 174 cm³/mol. The van der Waals surface area contributed by atoms with E-state index in [0.29, 0.717) is 12.4 Å². The van der Waals surface area contributed by atoms with Crippen molar-refractivity contribution in [3.8, 4) is 5.75 Å². The van der Waals surface area contributed by atoms with Crippen LogP contribution in [0.15, 0.2) is 72.9 Å². The molecule has 3 aromatic carbocycles. The molecule has 212 valence electrons. The fourth-order valence-electron chi connectivity index (χ4n) is 4.49. The van der Waals surface area contributed by atoms with Gasteiger partial charge >= 0.3 is 0 Å². The molecule has 0 aliphatic rings. The minimum absolute atomic E-state index is 0.483. The van der Waals surface area contributed by atoms with Gasteiger partial charge in [-0.1, -0.05) is 89.6 Å². The standard InChI is InChI=1S/C30H29N3O.3C2H6/c1-19-5-4-6-23(13-19)18-34-25-11-10-24(21(3)15-25)9-8-22-16-27-26-12-7-20(2)14-28(26)33-30(31)29(27)32-17-22;3*1-2/h4-7,10-17H,8-9,18H2,1-3H3,(H2,31,33);3*1-2H3. The quantitative estimate of drug-likeness (QED) is 0.219. The molecule has 0 atom stereocenters. The number of hydrogen-bond donors (Lipinski definition) is 1.